The van der Waals surface area contributed by atoms with Crippen molar-refractivity contribution in [1.29, 1.82) is 0 Å². The molecule has 0 saturated heterocycles. The van der Waals surface area contributed by atoms with E-state index in [0.29, 0.717) is 6.04 Å². The lowest BCUT2D eigenvalue weighted by Gasteiger charge is -2.18. The number of rotatable bonds is 7. The number of urea groups is 1. The largest absolute Gasteiger partial charge is 0.328 e. The van der Waals surface area contributed by atoms with Crippen molar-refractivity contribution < 1.29 is 4.79 Å². The van der Waals surface area contributed by atoms with E-state index in [1.54, 1.807) is 4.90 Å². The highest BCUT2D eigenvalue weighted by molar-refractivity contribution is 5.89. The summed E-state index contributed by atoms with van der Waals surface area (Å²) in [5.41, 5.74) is 2.05. The number of nitrogens with zero attached hydrogens (tertiary/aromatic N) is 1. The number of anilines is 1. The average molecular weight is 277 g/mol. The van der Waals surface area contributed by atoms with E-state index in [1.165, 1.54) is 12.0 Å². The molecule has 0 saturated carbocycles. The Morgan fingerprint density at radius 3 is 2.45 bits per heavy atom. The third-order valence-electron chi connectivity index (χ3n) is 3.54. The van der Waals surface area contributed by atoms with Gasteiger partial charge in [0.05, 0.1) is 0 Å². The molecule has 1 aromatic carbocycles. The lowest BCUT2D eigenvalue weighted by molar-refractivity contribution is 0.221. The van der Waals surface area contributed by atoms with Crippen molar-refractivity contribution in [1.82, 2.24) is 10.2 Å². The van der Waals surface area contributed by atoms with E-state index in [-0.39, 0.29) is 6.03 Å². The molecule has 0 bridgehead atoms. The molecule has 0 aromatic heterocycles. The van der Waals surface area contributed by atoms with Gasteiger partial charge in [-0.3, -0.25) is 0 Å². The number of hydrogen-bond donors (Lipinski definition) is 2. The van der Waals surface area contributed by atoms with Gasteiger partial charge in [0.15, 0.2) is 0 Å². The molecule has 0 fully saturated rings. The molecular weight excluding hydrogens is 250 g/mol. The second-order valence-corrected chi connectivity index (χ2v) is 5.19. The van der Waals surface area contributed by atoms with E-state index in [1.807, 2.05) is 38.4 Å². The third kappa shape index (κ3) is 5.21. The zero-order valence-electron chi connectivity index (χ0n) is 13.1. The summed E-state index contributed by atoms with van der Waals surface area (Å²) in [5.74, 6) is 0. The first kappa shape index (κ1) is 16.5. The molecule has 2 N–H and O–H groups in total. The van der Waals surface area contributed by atoms with Crippen molar-refractivity contribution >= 4 is 11.7 Å². The smallest absolute Gasteiger partial charge is 0.321 e. The van der Waals surface area contributed by atoms with Gasteiger partial charge in [0, 0.05) is 25.3 Å². The Morgan fingerprint density at radius 2 is 1.90 bits per heavy atom. The average Bonchev–Trinajstić information content (AvgIpc) is 2.47. The monoisotopic (exact) mass is 277 g/mol. The first-order valence-corrected chi connectivity index (χ1v) is 7.37. The molecule has 0 radical (unpaired) electrons. The third-order valence-corrected chi connectivity index (χ3v) is 3.54. The Kier molecular flexibility index (Phi) is 7.09. The molecule has 20 heavy (non-hydrogen) atoms. The zero-order chi connectivity index (χ0) is 15.0. The van der Waals surface area contributed by atoms with Crippen molar-refractivity contribution in [2.45, 2.75) is 39.2 Å². The predicted octanol–water partition coefficient (Wildman–Crippen LogP) is 3.62. The van der Waals surface area contributed by atoms with E-state index >= 15 is 0 Å². The number of carbonyl (C=O) groups is 1. The molecule has 0 aliphatic carbocycles. The van der Waals surface area contributed by atoms with Gasteiger partial charge in [-0.05, 0) is 38.1 Å². The topological polar surface area (TPSA) is 44.4 Å². The number of carbonyl (C=O) groups excluding carboxylic acids is 1. The van der Waals surface area contributed by atoms with E-state index < -0.39 is 0 Å². The van der Waals surface area contributed by atoms with Crippen LogP contribution < -0.4 is 10.6 Å². The number of benzene rings is 1. The molecule has 0 heterocycles. The van der Waals surface area contributed by atoms with Gasteiger partial charge in [-0.25, -0.2) is 4.79 Å². The minimum Gasteiger partial charge on any atom is -0.328 e. The maximum absolute atomic E-state index is 12.0. The van der Waals surface area contributed by atoms with Crippen molar-refractivity contribution in [2.75, 3.05) is 26.0 Å². The Hall–Kier alpha value is -1.55. The van der Waals surface area contributed by atoms with Gasteiger partial charge >= 0.3 is 6.03 Å². The van der Waals surface area contributed by atoms with Gasteiger partial charge in [0.25, 0.3) is 0 Å². The summed E-state index contributed by atoms with van der Waals surface area (Å²) in [4.78, 5) is 13.7. The second-order valence-electron chi connectivity index (χ2n) is 5.19. The van der Waals surface area contributed by atoms with Gasteiger partial charge in [-0.15, -0.1) is 0 Å². The molecule has 2 amide bonds. The number of amides is 2. The summed E-state index contributed by atoms with van der Waals surface area (Å²) in [6.45, 7) is 5.07. The van der Waals surface area contributed by atoms with Crippen LogP contribution in [0.1, 0.15) is 44.7 Å². The summed E-state index contributed by atoms with van der Waals surface area (Å²) in [7, 11) is 3.77. The summed E-state index contributed by atoms with van der Waals surface area (Å²) >= 11 is 0. The SMILES string of the molecule is CCCCCN(C)C(=O)Nc1ccc(C(C)NC)cc1. The van der Waals surface area contributed by atoms with Crippen LogP contribution >= 0.6 is 0 Å². The van der Waals surface area contributed by atoms with E-state index in [2.05, 4.69) is 24.5 Å². The van der Waals surface area contributed by atoms with Gasteiger partial charge in [-0.2, -0.15) is 0 Å². The fourth-order valence-corrected chi connectivity index (χ4v) is 1.94. The van der Waals surface area contributed by atoms with Crippen LogP contribution in [0.3, 0.4) is 0 Å². The Bertz CT molecular complexity index is 403. The van der Waals surface area contributed by atoms with E-state index in [9.17, 15) is 4.79 Å². The van der Waals surface area contributed by atoms with Gasteiger partial charge in [0.1, 0.15) is 0 Å². The van der Waals surface area contributed by atoms with Crippen LogP contribution in [0.5, 0.6) is 0 Å². The van der Waals surface area contributed by atoms with Crippen molar-refractivity contribution in [3.05, 3.63) is 29.8 Å². The summed E-state index contributed by atoms with van der Waals surface area (Å²) < 4.78 is 0. The van der Waals surface area contributed by atoms with Crippen molar-refractivity contribution in [3.8, 4) is 0 Å². The minimum absolute atomic E-state index is 0.0458. The van der Waals surface area contributed by atoms with Crippen molar-refractivity contribution in [2.24, 2.45) is 0 Å². The van der Waals surface area contributed by atoms with E-state index in [0.717, 1.165) is 25.1 Å². The lowest BCUT2D eigenvalue weighted by atomic mass is 10.1. The van der Waals surface area contributed by atoms with Crippen LogP contribution in [0.15, 0.2) is 24.3 Å². The van der Waals surface area contributed by atoms with Crippen LogP contribution in [-0.2, 0) is 0 Å². The molecular formula is C16H27N3O. The molecule has 112 valence electrons. The Morgan fingerprint density at radius 1 is 1.25 bits per heavy atom. The highest BCUT2D eigenvalue weighted by Crippen LogP contribution is 2.15. The quantitative estimate of drug-likeness (QED) is 0.748. The van der Waals surface area contributed by atoms with Crippen LogP contribution in [0.2, 0.25) is 0 Å². The minimum atomic E-state index is -0.0458. The summed E-state index contributed by atoms with van der Waals surface area (Å²) in [6, 6.07) is 8.23. The molecule has 0 aliphatic rings. The molecule has 4 nitrogen and oxygen atoms in total. The summed E-state index contributed by atoms with van der Waals surface area (Å²) in [6.07, 6.45) is 3.38. The maximum atomic E-state index is 12.0. The van der Waals surface area contributed by atoms with Gasteiger partial charge in [-0.1, -0.05) is 31.9 Å². The zero-order valence-corrected chi connectivity index (χ0v) is 13.1. The predicted molar refractivity (Wildman–Crippen MR) is 85.1 cm³/mol. The highest BCUT2D eigenvalue weighted by Gasteiger charge is 2.08. The number of unbranched alkanes of at least 4 members (excludes halogenated alkanes) is 2. The van der Waals surface area contributed by atoms with Gasteiger partial charge in [0.2, 0.25) is 0 Å². The number of hydrogen-bond acceptors (Lipinski definition) is 2. The van der Waals surface area contributed by atoms with Crippen LogP contribution in [0.25, 0.3) is 0 Å². The van der Waals surface area contributed by atoms with Crippen LogP contribution in [0.4, 0.5) is 10.5 Å². The fourth-order valence-electron chi connectivity index (χ4n) is 1.94. The molecule has 1 unspecified atom stereocenters. The maximum Gasteiger partial charge on any atom is 0.321 e. The van der Waals surface area contributed by atoms with Crippen LogP contribution in [0, 0.1) is 0 Å². The van der Waals surface area contributed by atoms with Gasteiger partial charge < -0.3 is 15.5 Å². The Balaban J connectivity index is 2.49. The highest BCUT2D eigenvalue weighted by atomic mass is 16.2. The molecule has 1 rings (SSSR count). The first-order chi connectivity index (χ1) is 9.58. The molecule has 1 aromatic rings. The first-order valence-electron chi connectivity index (χ1n) is 7.37. The van der Waals surface area contributed by atoms with Crippen LogP contribution in [-0.4, -0.2) is 31.6 Å². The molecule has 0 spiro atoms. The standard InChI is InChI=1S/C16H27N3O/c1-5-6-7-12-19(4)16(20)18-15-10-8-14(9-11-15)13(2)17-3/h8-11,13,17H,5-7,12H2,1-4H3,(H,18,20). The second kappa shape index (κ2) is 8.59. The van der Waals surface area contributed by atoms with E-state index in [4.69, 9.17) is 0 Å². The fraction of sp³-hybridized carbons (Fsp3) is 0.562. The molecule has 0 aliphatic heterocycles. The lowest BCUT2D eigenvalue weighted by Crippen LogP contribution is -2.32. The summed E-state index contributed by atoms with van der Waals surface area (Å²) in [5, 5.41) is 6.11. The molecule has 1 atom stereocenters. The van der Waals surface area contributed by atoms with Crippen molar-refractivity contribution in [3.63, 3.8) is 0 Å². The normalized spacial score (nSPS) is 12.0. The Labute approximate surface area is 122 Å². The number of nitrogens with one attached hydrogen (secondary N) is 2. The molecule has 4 heteroatoms.